The van der Waals surface area contributed by atoms with Gasteiger partial charge in [0.15, 0.2) is 18.3 Å². The van der Waals surface area contributed by atoms with Crippen molar-refractivity contribution in [1.82, 2.24) is 16.0 Å². The molecule has 0 radical (unpaired) electrons. The molecule has 0 aromatic rings. The zero-order valence-corrected chi connectivity index (χ0v) is 82.9. The van der Waals surface area contributed by atoms with E-state index in [0.29, 0.717) is 58.2 Å². The predicted octanol–water partition coefficient (Wildman–Crippen LogP) is 24.5. The number of carbonyl (C=O) groups excluding carboxylic acids is 6. The van der Waals surface area contributed by atoms with Crippen LogP contribution in [0, 0.1) is 0 Å². The summed E-state index contributed by atoms with van der Waals surface area (Å²) >= 11 is 0. The van der Waals surface area contributed by atoms with Crippen LogP contribution in [0.5, 0.6) is 0 Å². The molecule has 0 heterocycles. The summed E-state index contributed by atoms with van der Waals surface area (Å²) < 4.78 is 98.4. The van der Waals surface area contributed by atoms with Crippen LogP contribution in [-0.4, -0.2) is 169 Å². The van der Waals surface area contributed by atoms with Crippen LogP contribution in [0.4, 0.5) is 0 Å². The monoisotopic (exact) mass is 1840 g/mol. The van der Waals surface area contributed by atoms with Crippen LogP contribution < -0.4 is 16.0 Å². The molecule has 6 unspecified atom stereocenters. The van der Waals surface area contributed by atoms with E-state index in [0.717, 1.165) is 103 Å². The number of nitrogens with one attached hydrogen (secondary N) is 3. The fourth-order valence-corrected chi connectivity index (χ4v) is 15.7. The maximum atomic E-state index is 12.6. The Morgan fingerprint density at radius 2 is 0.363 bits per heavy atom. The lowest BCUT2D eigenvalue weighted by Crippen LogP contribution is -2.29. The number of phosphoric ester groups is 3. The van der Waals surface area contributed by atoms with Gasteiger partial charge < -0.3 is 59.1 Å². The highest BCUT2D eigenvalue weighted by Gasteiger charge is 2.30. The summed E-state index contributed by atoms with van der Waals surface area (Å²) in [5.74, 6) is -2.43. The third kappa shape index (κ3) is 98.1. The minimum Gasteiger partial charge on any atom is -0.462 e. The van der Waals surface area contributed by atoms with Crippen LogP contribution in [0.1, 0.15) is 452 Å². The molecule has 0 aliphatic carbocycles. The fourth-order valence-electron chi connectivity index (χ4n) is 13.5. The molecule has 0 aromatic heterocycles. The second-order valence-electron chi connectivity index (χ2n) is 33.4. The molecule has 0 amide bonds. The molecule has 0 aliphatic rings. The highest BCUT2D eigenvalue weighted by Crippen LogP contribution is 2.45. The van der Waals surface area contributed by atoms with Crippen LogP contribution in [-0.2, 0) is 98.0 Å². The number of unbranched alkanes of at least 4 members (excludes halogenated alkanes) is 52. The van der Waals surface area contributed by atoms with Gasteiger partial charge >= 0.3 is 59.3 Å². The zero-order valence-electron chi connectivity index (χ0n) is 80.2. The summed E-state index contributed by atoms with van der Waals surface area (Å²) in [6, 6.07) is 0. The molecule has 30 heteroatoms. The molecular formula is C94H188N3O24P3. The summed E-state index contributed by atoms with van der Waals surface area (Å²) in [7, 11) is -7.88. The zero-order chi connectivity index (χ0) is 92.0. The lowest BCUT2D eigenvalue weighted by atomic mass is 10.0. The topological polar surface area (TPSA) is 361 Å². The Labute approximate surface area is 755 Å². The standard InChI is InChI=1S/C38H76NO8P.C30H60NO8P.C26H52NO8P/c1-4-6-8-10-12-14-16-18-20-22-24-26-28-30-37(40)44-34-36(35-46-48(42,43)45-33-32-39-3)47-38(41)31-29-27-25-23-21-19-17-15-13-11-9-7-5-2;1-4-6-8-10-12-14-16-18-20-22-29(32)36-26-28(27-38-40(34,35)37-25-24-31-3)39-30(33)23-21-19-17-15-13-11-9-7-5-2;1-4-6-8-10-12-14-16-18-25(28)32-22-24(23-34-36(30,31)33-21-20-27-3)35-26(29)19-17-15-13-11-9-7-5-2/h36,39H,4-35H2,1-3H3,(H,42,43);28,31H,4-27H2,1-3H3,(H,34,35);24,27H,4-23H2,1-3H3,(H,30,31). The van der Waals surface area contributed by atoms with Gasteiger partial charge in [0, 0.05) is 58.2 Å². The smallest absolute Gasteiger partial charge is 0.462 e. The van der Waals surface area contributed by atoms with Crippen LogP contribution in [0.3, 0.4) is 0 Å². The van der Waals surface area contributed by atoms with Crippen molar-refractivity contribution in [3.8, 4) is 0 Å². The molecule has 124 heavy (non-hydrogen) atoms. The van der Waals surface area contributed by atoms with E-state index in [4.69, 9.17) is 55.6 Å². The first kappa shape index (κ1) is 125. The van der Waals surface area contributed by atoms with E-state index in [9.17, 15) is 57.1 Å². The molecule has 0 saturated heterocycles. The Morgan fingerprint density at radius 1 is 0.218 bits per heavy atom. The van der Waals surface area contributed by atoms with Crippen molar-refractivity contribution in [2.24, 2.45) is 0 Å². The van der Waals surface area contributed by atoms with E-state index in [2.05, 4.69) is 57.5 Å². The molecule has 0 bridgehead atoms. The van der Waals surface area contributed by atoms with Gasteiger partial charge in [-0.15, -0.1) is 0 Å². The molecule has 0 fully saturated rings. The van der Waals surface area contributed by atoms with Crippen molar-refractivity contribution < 1.29 is 113 Å². The summed E-state index contributed by atoms with van der Waals surface area (Å²) in [6.45, 7) is 12.5. The van der Waals surface area contributed by atoms with E-state index in [1.165, 1.54) is 250 Å². The predicted molar refractivity (Wildman–Crippen MR) is 499 cm³/mol. The van der Waals surface area contributed by atoms with Crippen LogP contribution in [0.25, 0.3) is 0 Å². The number of hydrogen-bond donors (Lipinski definition) is 6. The average Bonchev–Trinajstić information content (AvgIpc) is 0.917. The van der Waals surface area contributed by atoms with E-state index < -0.39 is 79.5 Å². The number of rotatable bonds is 94. The molecule has 27 nitrogen and oxygen atoms in total. The van der Waals surface area contributed by atoms with Gasteiger partial charge in [-0.2, -0.15) is 0 Å². The van der Waals surface area contributed by atoms with Gasteiger partial charge in [0.05, 0.1) is 39.6 Å². The minimum absolute atomic E-state index is 0.0120. The molecule has 6 N–H and O–H groups in total. The first-order valence-corrected chi connectivity index (χ1v) is 54.4. The van der Waals surface area contributed by atoms with Crippen molar-refractivity contribution in [2.75, 3.05) is 100 Å². The van der Waals surface area contributed by atoms with Gasteiger partial charge in [-0.25, -0.2) is 13.7 Å². The van der Waals surface area contributed by atoms with Crippen molar-refractivity contribution in [3.63, 3.8) is 0 Å². The Hall–Kier alpha value is -2.97. The molecule has 0 spiro atoms. The Morgan fingerprint density at radius 3 is 0.516 bits per heavy atom. The average molecular weight is 1840 g/mol. The van der Waals surface area contributed by atoms with Crippen molar-refractivity contribution >= 4 is 59.3 Å². The third-order valence-electron chi connectivity index (χ3n) is 21.2. The normalized spacial score (nSPS) is 13.5. The highest BCUT2D eigenvalue weighted by molar-refractivity contribution is 7.47. The lowest BCUT2D eigenvalue weighted by Gasteiger charge is -2.20. The number of hydrogen-bond acceptors (Lipinski definition) is 24. The van der Waals surface area contributed by atoms with Gasteiger partial charge in [0.25, 0.3) is 0 Å². The summed E-state index contributed by atoms with van der Waals surface area (Å²) in [5, 5.41) is 8.42. The first-order valence-electron chi connectivity index (χ1n) is 49.9. The summed E-state index contributed by atoms with van der Waals surface area (Å²) in [4.78, 5) is 104. The summed E-state index contributed by atoms with van der Waals surface area (Å²) in [6.07, 6.45) is 66.3. The quantitative estimate of drug-likeness (QED) is 0.0143. The second kappa shape index (κ2) is 96.1. The molecule has 0 saturated carbocycles. The maximum absolute atomic E-state index is 12.6. The van der Waals surface area contributed by atoms with Crippen LogP contribution >= 0.6 is 23.5 Å². The van der Waals surface area contributed by atoms with Crippen LogP contribution in [0.2, 0.25) is 0 Å². The summed E-state index contributed by atoms with van der Waals surface area (Å²) in [5.41, 5.74) is 0. The maximum Gasteiger partial charge on any atom is 0.472 e. The Kier molecular flexibility index (Phi) is 97.0. The largest absolute Gasteiger partial charge is 0.472 e. The lowest BCUT2D eigenvalue weighted by molar-refractivity contribution is -0.161. The van der Waals surface area contributed by atoms with Gasteiger partial charge in [-0.3, -0.25) is 55.9 Å². The molecule has 0 aliphatic heterocycles. The molecule has 0 rings (SSSR count). The number of carbonyl (C=O) groups is 6. The third-order valence-corrected chi connectivity index (χ3v) is 24.1. The first-order chi connectivity index (χ1) is 60.0. The fraction of sp³-hybridized carbons (Fsp3) is 0.936. The SMILES string of the molecule is CCCCCCCCCC(=O)OCC(COP(=O)(O)OCCNC)OC(=O)CCCCCCCCC.CCCCCCCCCCCC(=O)OCC(COP(=O)(O)OCCNC)OC(=O)CCCCCCCCCCC.CCCCCCCCCCCCCCCC(=O)OCC(COP(=O)(O)OCCNC)OC(=O)CCCCCCCCCCCCCCC. The molecule has 0 aromatic carbocycles. The Balaban J connectivity index is -0.00000179. The number of phosphoric acid groups is 3. The van der Waals surface area contributed by atoms with Gasteiger partial charge in [-0.05, 0) is 59.7 Å². The van der Waals surface area contributed by atoms with E-state index in [1.54, 1.807) is 21.1 Å². The Bertz CT molecular complexity index is 2530. The van der Waals surface area contributed by atoms with Crippen LogP contribution in [0.15, 0.2) is 0 Å². The van der Waals surface area contributed by atoms with E-state index in [1.807, 2.05) is 0 Å². The van der Waals surface area contributed by atoms with Gasteiger partial charge in [0.1, 0.15) is 19.8 Å². The van der Waals surface area contributed by atoms with E-state index >= 15 is 0 Å². The van der Waals surface area contributed by atoms with Crippen molar-refractivity contribution in [3.05, 3.63) is 0 Å². The van der Waals surface area contributed by atoms with Crippen molar-refractivity contribution in [2.45, 2.75) is 471 Å². The highest BCUT2D eigenvalue weighted by atomic mass is 31.2. The number of likely N-dealkylation sites (N-methyl/N-ethyl adjacent to an activating group) is 3. The molecular weight excluding hydrogens is 1650 g/mol. The van der Waals surface area contributed by atoms with Gasteiger partial charge in [-0.1, -0.05) is 375 Å². The second-order valence-corrected chi connectivity index (χ2v) is 37.7. The molecule has 6 atom stereocenters. The number of ether oxygens (including phenoxy) is 6. The van der Waals surface area contributed by atoms with E-state index in [-0.39, 0.29) is 76.8 Å². The van der Waals surface area contributed by atoms with Crippen molar-refractivity contribution in [1.29, 1.82) is 0 Å². The minimum atomic E-state index is -4.33. The van der Waals surface area contributed by atoms with Gasteiger partial charge in [0.2, 0.25) is 0 Å². The molecule has 738 valence electrons. The number of esters is 6.